The van der Waals surface area contributed by atoms with Crippen molar-refractivity contribution in [1.82, 2.24) is 4.90 Å². The molecule has 0 spiro atoms. The Morgan fingerprint density at radius 1 is 1.71 bits per heavy atom. The number of hydrogen-bond donors (Lipinski definition) is 0. The molecule has 0 aromatic rings. The van der Waals surface area contributed by atoms with Gasteiger partial charge in [-0.2, -0.15) is 17.0 Å². The quantitative estimate of drug-likeness (QED) is 0.740. The number of thioether (sulfide) groups is 3. The Morgan fingerprint density at radius 2 is 2.36 bits per heavy atom. The van der Waals surface area contributed by atoms with Gasteiger partial charge in [0.25, 0.3) is 5.91 Å². The van der Waals surface area contributed by atoms with Crippen molar-refractivity contribution < 1.29 is 4.79 Å². The molecule has 1 heterocycles. The van der Waals surface area contributed by atoms with Gasteiger partial charge in [0.1, 0.15) is 6.07 Å². The lowest BCUT2D eigenvalue weighted by atomic mass is 10.4. The second kappa shape index (κ2) is 4.69. The van der Waals surface area contributed by atoms with Crippen molar-refractivity contribution in [3.63, 3.8) is 0 Å². The second-order valence-electron chi connectivity index (χ2n) is 3.02. The van der Waals surface area contributed by atoms with Gasteiger partial charge < -0.3 is 4.90 Å². The summed E-state index contributed by atoms with van der Waals surface area (Å²) in [6, 6.07) is 2.14. The summed E-state index contributed by atoms with van der Waals surface area (Å²) in [5.74, 6) is 0.755. The third-order valence-corrected chi connectivity index (χ3v) is 6.64. The van der Waals surface area contributed by atoms with Gasteiger partial charge in [-0.3, -0.25) is 4.79 Å². The van der Waals surface area contributed by atoms with Crippen LogP contribution in [0.3, 0.4) is 0 Å². The number of carbonyl (C=O) groups is 1. The molecule has 0 bridgehead atoms. The van der Waals surface area contributed by atoms with Crippen LogP contribution in [-0.4, -0.2) is 45.6 Å². The van der Waals surface area contributed by atoms with E-state index in [4.69, 9.17) is 5.26 Å². The molecular weight excluding hydrogens is 236 g/mol. The molecule has 2 atom stereocenters. The smallest absolute Gasteiger partial charge is 0.263 e. The van der Waals surface area contributed by atoms with Crippen molar-refractivity contribution in [2.24, 2.45) is 0 Å². The highest BCUT2D eigenvalue weighted by atomic mass is 32.2. The highest BCUT2D eigenvalue weighted by Gasteiger charge is 2.48. The molecular formula is C8H12N2OS3. The molecule has 2 unspecified atom stereocenters. The predicted octanol–water partition coefficient (Wildman–Crippen LogP) is 1.46. The van der Waals surface area contributed by atoms with Crippen LogP contribution in [0.2, 0.25) is 0 Å². The van der Waals surface area contributed by atoms with Gasteiger partial charge in [-0.15, -0.1) is 23.5 Å². The van der Waals surface area contributed by atoms with Gasteiger partial charge in [0.15, 0.2) is 0 Å². The van der Waals surface area contributed by atoms with Crippen LogP contribution in [0, 0.1) is 11.3 Å². The minimum atomic E-state index is -0.906. The van der Waals surface area contributed by atoms with E-state index in [1.807, 2.05) is 6.26 Å². The lowest BCUT2D eigenvalue weighted by molar-refractivity contribution is -0.127. The zero-order chi connectivity index (χ0) is 10.8. The fourth-order valence-electron chi connectivity index (χ4n) is 1.07. The molecule has 0 aromatic heterocycles. The molecule has 3 nitrogen and oxygen atoms in total. The van der Waals surface area contributed by atoms with E-state index >= 15 is 0 Å². The molecule has 1 rings (SSSR count). The molecule has 0 saturated carbocycles. The fourth-order valence-corrected chi connectivity index (χ4v) is 5.57. The topological polar surface area (TPSA) is 44.1 Å². The number of rotatable bonds is 2. The summed E-state index contributed by atoms with van der Waals surface area (Å²) < 4.78 is -0.555. The Hall–Kier alpha value is 0.01000. The SMILES string of the molecule is CSC1CSC(C#N)(C(=O)N(C)C)S1. The summed E-state index contributed by atoms with van der Waals surface area (Å²) in [6.45, 7) is 0. The fraction of sp³-hybridized carbons (Fsp3) is 0.750. The highest BCUT2D eigenvalue weighted by molar-refractivity contribution is 8.29. The molecule has 0 radical (unpaired) electrons. The van der Waals surface area contributed by atoms with Gasteiger partial charge >= 0.3 is 0 Å². The van der Waals surface area contributed by atoms with Gasteiger partial charge in [0, 0.05) is 19.8 Å². The number of hydrogen-bond acceptors (Lipinski definition) is 5. The minimum Gasteiger partial charge on any atom is -0.346 e. The average Bonchev–Trinajstić information content (AvgIpc) is 2.61. The van der Waals surface area contributed by atoms with Gasteiger partial charge in [0.2, 0.25) is 4.08 Å². The molecule has 1 aliphatic heterocycles. The molecule has 1 fully saturated rings. The summed E-state index contributed by atoms with van der Waals surface area (Å²) in [5.41, 5.74) is 0. The minimum absolute atomic E-state index is 0.105. The summed E-state index contributed by atoms with van der Waals surface area (Å²) in [6.07, 6.45) is 2.01. The maximum atomic E-state index is 11.8. The van der Waals surface area contributed by atoms with Crippen LogP contribution in [0.15, 0.2) is 0 Å². The maximum absolute atomic E-state index is 11.8. The Labute approximate surface area is 97.0 Å². The number of carbonyl (C=O) groups excluding carboxylic acids is 1. The first kappa shape index (κ1) is 12.1. The first-order valence-corrected chi connectivity index (χ1v) is 7.18. The predicted molar refractivity (Wildman–Crippen MR) is 64.4 cm³/mol. The molecule has 0 aromatic carbocycles. The normalized spacial score (nSPS) is 31.1. The third-order valence-electron chi connectivity index (χ3n) is 1.82. The molecule has 14 heavy (non-hydrogen) atoms. The van der Waals surface area contributed by atoms with Crippen LogP contribution >= 0.6 is 35.3 Å². The van der Waals surface area contributed by atoms with Crippen molar-refractivity contribution in [1.29, 1.82) is 5.26 Å². The van der Waals surface area contributed by atoms with E-state index in [0.717, 1.165) is 5.75 Å². The lowest BCUT2D eigenvalue weighted by Crippen LogP contribution is -2.38. The monoisotopic (exact) mass is 248 g/mol. The van der Waals surface area contributed by atoms with Crippen LogP contribution in [0.1, 0.15) is 0 Å². The maximum Gasteiger partial charge on any atom is 0.263 e. The summed E-state index contributed by atoms with van der Waals surface area (Å²) in [7, 11) is 3.38. The molecule has 0 aliphatic carbocycles. The molecule has 0 N–H and O–H groups in total. The van der Waals surface area contributed by atoms with Gasteiger partial charge in [-0.05, 0) is 6.26 Å². The largest absolute Gasteiger partial charge is 0.346 e. The zero-order valence-corrected chi connectivity index (χ0v) is 10.8. The van der Waals surface area contributed by atoms with Crippen molar-refractivity contribution in [2.45, 2.75) is 8.66 Å². The summed E-state index contributed by atoms with van der Waals surface area (Å²) in [4.78, 5) is 13.3. The zero-order valence-electron chi connectivity index (χ0n) is 8.31. The average molecular weight is 248 g/mol. The number of amides is 1. The number of nitriles is 1. The molecule has 1 aliphatic rings. The van der Waals surface area contributed by atoms with E-state index < -0.39 is 4.08 Å². The van der Waals surface area contributed by atoms with Crippen molar-refractivity contribution in [3.8, 4) is 6.07 Å². The second-order valence-corrected chi connectivity index (χ2v) is 7.27. The van der Waals surface area contributed by atoms with E-state index in [1.54, 1.807) is 25.9 Å². The van der Waals surface area contributed by atoms with Crippen molar-refractivity contribution in [3.05, 3.63) is 0 Å². The molecule has 78 valence electrons. The summed E-state index contributed by atoms with van der Waals surface area (Å²) in [5, 5.41) is 9.10. The molecule has 1 amide bonds. The van der Waals surface area contributed by atoms with E-state index in [2.05, 4.69) is 6.07 Å². The lowest BCUT2D eigenvalue weighted by Gasteiger charge is -2.22. The van der Waals surface area contributed by atoms with Crippen LogP contribution < -0.4 is 0 Å². The first-order valence-electron chi connectivity index (χ1n) is 4.03. The van der Waals surface area contributed by atoms with E-state index in [1.165, 1.54) is 28.4 Å². The van der Waals surface area contributed by atoms with E-state index in [-0.39, 0.29) is 5.91 Å². The Kier molecular flexibility index (Phi) is 4.04. The van der Waals surface area contributed by atoms with Crippen LogP contribution in [0.5, 0.6) is 0 Å². The molecule has 1 saturated heterocycles. The summed E-state index contributed by atoms with van der Waals surface area (Å²) >= 11 is 4.62. The van der Waals surface area contributed by atoms with Crippen LogP contribution in [0.25, 0.3) is 0 Å². The van der Waals surface area contributed by atoms with Gasteiger partial charge in [0.05, 0.1) is 4.58 Å². The third kappa shape index (κ3) is 2.15. The van der Waals surface area contributed by atoms with Crippen LogP contribution in [-0.2, 0) is 4.79 Å². The van der Waals surface area contributed by atoms with E-state index in [0.29, 0.717) is 4.58 Å². The Bertz CT molecular complexity index is 276. The molecule has 6 heteroatoms. The standard InChI is InChI=1S/C8H12N2OS3/c1-10(2)7(11)8(5-9)13-4-6(12-3)14-8/h6H,4H2,1-3H3. The Balaban J connectivity index is 2.81. The van der Waals surface area contributed by atoms with E-state index in [9.17, 15) is 4.79 Å². The van der Waals surface area contributed by atoms with Gasteiger partial charge in [-0.1, -0.05) is 0 Å². The first-order chi connectivity index (χ1) is 6.55. The van der Waals surface area contributed by atoms with Crippen molar-refractivity contribution >= 4 is 41.2 Å². The van der Waals surface area contributed by atoms with Crippen molar-refractivity contribution in [2.75, 3.05) is 26.1 Å². The van der Waals surface area contributed by atoms with Crippen LogP contribution in [0.4, 0.5) is 0 Å². The number of nitrogens with zero attached hydrogens (tertiary/aromatic N) is 2. The van der Waals surface area contributed by atoms with Gasteiger partial charge in [-0.25, -0.2) is 0 Å². The highest BCUT2D eigenvalue weighted by Crippen LogP contribution is 2.51. The Morgan fingerprint density at radius 3 is 2.71 bits per heavy atom.